The summed E-state index contributed by atoms with van der Waals surface area (Å²) in [5.41, 5.74) is 5.75. The van der Waals surface area contributed by atoms with E-state index in [2.05, 4.69) is 0 Å². The fourth-order valence-electron chi connectivity index (χ4n) is 1.05. The van der Waals surface area contributed by atoms with Gasteiger partial charge in [0.05, 0.1) is 5.02 Å². The molecule has 1 aromatic carbocycles. The average molecular weight is 216 g/mol. The third-order valence-corrected chi connectivity index (χ3v) is 2.13. The second-order valence-electron chi connectivity index (χ2n) is 2.90. The fourth-order valence-corrected chi connectivity index (χ4v) is 1.24. The topological polar surface area (TPSA) is 83.5 Å². The van der Waals surface area contributed by atoms with Crippen molar-refractivity contribution in [1.82, 2.24) is 0 Å². The third kappa shape index (κ3) is 2.37. The minimum atomic E-state index is -1.11. The number of para-hydroxylation sites is 1. The van der Waals surface area contributed by atoms with Gasteiger partial charge in [0.15, 0.2) is 0 Å². The quantitative estimate of drug-likeness (QED) is 0.703. The van der Waals surface area contributed by atoms with E-state index in [0.717, 1.165) is 0 Å². The standard InChI is InChI=1S/C9H10ClNO3/c10-6-3-1-2-5(8(6)12)4-7(11)9(13)14/h1-3,7,12H,4,11H2,(H,13,14). The summed E-state index contributed by atoms with van der Waals surface area (Å²) in [7, 11) is 0. The van der Waals surface area contributed by atoms with Crippen LogP contribution < -0.4 is 5.73 Å². The molecule has 1 atom stereocenters. The van der Waals surface area contributed by atoms with Crippen LogP contribution in [0.4, 0.5) is 0 Å². The van der Waals surface area contributed by atoms with E-state index in [1.165, 1.54) is 6.07 Å². The Morgan fingerprint density at radius 3 is 2.79 bits per heavy atom. The molecule has 4 N–H and O–H groups in total. The molecule has 0 aliphatic heterocycles. The molecule has 76 valence electrons. The molecule has 1 aromatic rings. The van der Waals surface area contributed by atoms with E-state index >= 15 is 0 Å². The zero-order valence-corrected chi connectivity index (χ0v) is 8.03. The van der Waals surface area contributed by atoms with Crippen LogP contribution in [-0.2, 0) is 11.2 Å². The van der Waals surface area contributed by atoms with E-state index in [1.807, 2.05) is 0 Å². The number of phenolic OH excluding ortho intramolecular Hbond substituents is 1. The van der Waals surface area contributed by atoms with Gasteiger partial charge >= 0.3 is 5.97 Å². The molecule has 0 aromatic heterocycles. The van der Waals surface area contributed by atoms with Crippen LogP contribution >= 0.6 is 11.6 Å². The normalized spacial score (nSPS) is 12.4. The van der Waals surface area contributed by atoms with Gasteiger partial charge in [0.2, 0.25) is 0 Å². The fraction of sp³-hybridized carbons (Fsp3) is 0.222. The van der Waals surface area contributed by atoms with E-state index in [-0.39, 0.29) is 17.2 Å². The van der Waals surface area contributed by atoms with E-state index in [9.17, 15) is 9.90 Å². The number of nitrogens with two attached hydrogens (primary N) is 1. The van der Waals surface area contributed by atoms with Crippen LogP contribution in [0.5, 0.6) is 5.75 Å². The molecule has 0 bridgehead atoms. The van der Waals surface area contributed by atoms with Crippen LogP contribution in [0.25, 0.3) is 0 Å². The molecule has 0 amide bonds. The second-order valence-corrected chi connectivity index (χ2v) is 3.30. The van der Waals surface area contributed by atoms with Crippen LogP contribution in [0, 0.1) is 0 Å². The van der Waals surface area contributed by atoms with Crippen molar-refractivity contribution < 1.29 is 15.0 Å². The Kier molecular flexibility index (Phi) is 3.33. The summed E-state index contributed by atoms with van der Waals surface area (Å²) < 4.78 is 0. The van der Waals surface area contributed by atoms with Gasteiger partial charge < -0.3 is 15.9 Å². The van der Waals surface area contributed by atoms with Crippen molar-refractivity contribution in [3.63, 3.8) is 0 Å². The number of halogens is 1. The molecule has 1 unspecified atom stereocenters. The lowest BCUT2D eigenvalue weighted by molar-refractivity contribution is -0.138. The van der Waals surface area contributed by atoms with E-state index in [4.69, 9.17) is 22.4 Å². The first-order chi connectivity index (χ1) is 6.52. The maximum absolute atomic E-state index is 10.5. The lowest BCUT2D eigenvalue weighted by atomic mass is 10.1. The lowest BCUT2D eigenvalue weighted by Crippen LogP contribution is -2.32. The summed E-state index contributed by atoms with van der Waals surface area (Å²) in [5, 5.41) is 18.2. The van der Waals surface area contributed by atoms with Crippen LogP contribution in [0.15, 0.2) is 18.2 Å². The number of carboxylic acid groups (broad SMARTS) is 1. The van der Waals surface area contributed by atoms with Crippen LogP contribution in [-0.4, -0.2) is 22.2 Å². The van der Waals surface area contributed by atoms with E-state index in [0.29, 0.717) is 5.56 Å². The molecule has 0 saturated carbocycles. The van der Waals surface area contributed by atoms with E-state index < -0.39 is 12.0 Å². The molecular weight excluding hydrogens is 206 g/mol. The molecule has 14 heavy (non-hydrogen) atoms. The highest BCUT2D eigenvalue weighted by Gasteiger charge is 2.15. The predicted octanol–water partition coefficient (Wildman–Crippen LogP) is 1.00. The predicted molar refractivity (Wildman–Crippen MR) is 52.4 cm³/mol. The number of benzene rings is 1. The number of phenols is 1. The molecule has 0 fully saturated rings. The zero-order valence-electron chi connectivity index (χ0n) is 7.27. The highest BCUT2D eigenvalue weighted by molar-refractivity contribution is 6.32. The summed E-state index contributed by atoms with van der Waals surface area (Å²) >= 11 is 5.64. The monoisotopic (exact) mass is 215 g/mol. The van der Waals surface area contributed by atoms with E-state index in [1.54, 1.807) is 12.1 Å². The van der Waals surface area contributed by atoms with Gasteiger partial charge in [-0.3, -0.25) is 4.79 Å². The van der Waals surface area contributed by atoms with Gasteiger partial charge in [0.1, 0.15) is 11.8 Å². The number of hydrogen-bond acceptors (Lipinski definition) is 3. The molecule has 0 aliphatic rings. The van der Waals surface area contributed by atoms with Crippen molar-refractivity contribution >= 4 is 17.6 Å². The number of carbonyl (C=O) groups is 1. The number of aliphatic carboxylic acids is 1. The second kappa shape index (κ2) is 4.30. The van der Waals surface area contributed by atoms with Crippen molar-refractivity contribution in [2.75, 3.05) is 0 Å². The van der Waals surface area contributed by atoms with Crippen molar-refractivity contribution in [2.45, 2.75) is 12.5 Å². The largest absolute Gasteiger partial charge is 0.506 e. The van der Waals surface area contributed by atoms with Gasteiger partial charge in [-0.15, -0.1) is 0 Å². The number of aromatic hydroxyl groups is 1. The number of carboxylic acids is 1. The Balaban J connectivity index is 2.87. The lowest BCUT2D eigenvalue weighted by Gasteiger charge is -2.08. The maximum Gasteiger partial charge on any atom is 0.320 e. The molecule has 5 heteroatoms. The first-order valence-corrected chi connectivity index (χ1v) is 4.35. The highest BCUT2D eigenvalue weighted by Crippen LogP contribution is 2.27. The molecule has 4 nitrogen and oxygen atoms in total. The Morgan fingerprint density at radius 1 is 1.57 bits per heavy atom. The van der Waals surface area contributed by atoms with Crippen molar-refractivity contribution in [1.29, 1.82) is 0 Å². The van der Waals surface area contributed by atoms with Gasteiger partial charge in [-0.2, -0.15) is 0 Å². The average Bonchev–Trinajstić information content (AvgIpc) is 2.12. The first kappa shape index (κ1) is 10.8. The summed E-state index contributed by atoms with van der Waals surface area (Å²) in [6.45, 7) is 0. The summed E-state index contributed by atoms with van der Waals surface area (Å²) in [6, 6.07) is 3.71. The maximum atomic E-state index is 10.5. The molecule has 0 heterocycles. The zero-order chi connectivity index (χ0) is 10.7. The van der Waals surface area contributed by atoms with Crippen molar-refractivity contribution in [3.8, 4) is 5.75 Å². The summed E-state index contributed by atoms with van der Waals surface area (Å²) in [6.07, 6.45) is 0.0573. The van der Waals surface area contributed by atoms with Crippen LogP contribution in [0.1, 0.15) is 5.56 Å². The third-order valence-electron chi connectivity index (χ3n) is 1.83. The van der Waals surface area contributed by atoms with Crippen molar-refractivity contribution in [3.05, 3.63) is 28.8 Å². The smallest absolute Gasteiger partial charge is 0.320 e. The molecular formula is C9H10ClNO3. The van der Waals surface area contributed by atoms with Gasteiger partial charge in [-0.1, -0.05) is 23.7 Å². The molecule has 0 saturated heterocycles. The molecule has 0 spiro atoms. The molecule has 1 rings (SSSR count). The summed E-state index contributed by atoms with van der Waals surface area (Å²) in [4.78, 5) is 10.5. The Labute approximate surface area is 85.9 Å². The number of rotatable bonds is 3. The number of hydrogen-bond donors (Lipinski definition) is 3. The Bertz CT molecular complexity index is 354. The first-order valence-electron chi connectivity index (χ1n) is 3.97. The van der Waals surface area contributed by atoms with Gasteiger partial charge in [-0.25, -0.2) is 0 Å². The SMILES string of the molecule is NC(Cc1cccc(Cl)c1O)C(=O)O. The van der Waals surface area contributed by atoms with Crippen LogP contribution in [0.2, 0.25) is 5.02 Å². The van der Waals surface area contributed by atoms with Crippen LogP contribution in [0.3, 0.4) is 0 Å². The highest BCUT2D eigenvalue weighted by atomic mass is 35.5. The summed E-state index contributed by atoms with van der Waals surface area (Å²) in [5.74, 6) is -1.21. The Morgan fingerprint density at radius 2 is 2.21 bits per heavy atom. The van der Waals surface area contributed by atoms with Crippen molar-refractivity contribution in [2.24, 2.45) is 5.73 Å². The van der Waals surface area contributed by atoms with Gasteiger partial charge in [0, 0.05) is 6.42 Å². The van der Waals surface area contributed by atoms with Gasteiger partial charge in [0.25, 0.3) is 0 Å². The molecule has 0 radical (unpaired) electrons. The Hall–Kier alpha value is -1.26. The van der Waals surface area contributed by atoms with Gasteiger partial charge in [-0.05, 0) is 11.6 Å². The molecule has 0 aliphatic carbocycles. The minimum Gasteiger partial charge on any atom is -0.506 e. The minimum absolute atomic E-state index is 0.0573.